The summed E-state index contributed by atoms with van der Waals surface area (Å²) < 4.78 is 5.40. The van der Waals surface area contributed by atoms with Gasteiger partial charge < -0.3 is 9.64 Å². The lowest BCUT2D eigenvalue weighted by Crippen LogP contribution is -2.43. The highest BCUT2D eigenvalue weighted by Gasteiger charge is 2.26. The Labute approximate surface area is 111 Å². The van der Waals surface area contributed by atoms with Gasteiger partial charge in [-0.05, 0) is 33.6 Å². The third-order valence-corrected chi connectivity index (χ3v) is 2.49. The molecule has 0 aliphatic carbocycles. The maximum absolute atomic E-state index is 12.1. The van der Waals surface area contributed by atoms with Gasteiger partial charge in [0.05, 0.1) is 0 Å². The molecule has 0 aromatic heterocycles. The average molecular weight is 251 g/mol. The van der Waals surface area contributed by atoms with E-state index in [1.165, 1.54) is 0 Å². The largest absolute Gasteiger partial charge is 0.444 e. The fourth-order valence-electron chi connectivity index (χ4n) is 1.66. The summed E-state index contributed by atoms with van der Waals surface area (Å²) in [5.74, 6) is 2.61. The summed E-state index contributed by atoms with van der Waals surface area (Å²) in [5.41, 5.74) is -0.485. The van der Waals surface area contributed by atoms with Crippen LogP contribution in [0.3, 0.4) is 0 Å². The quantitative estimate of drug-likeness (QED) is 0.533. The predicted octanol–water partition coefficient (Wildman–Crippen LogP) is 3.60. The highest BCUT2D eigenvalue weighted by molar-refractivity contribution is 5.68. The number of amides is 1. The molecule has 0 saturated carbocycles. The van der Waals surface area contributed by atoms with E-state index in [0.717, 1.165) is 12.8 Å². The molecule has 1 amide bonds. The van der Waals surface area contributed by atoms with Gasteiger partial charge in [0.2, 0.25) is 0 Å². The van der Waals surface area contributed by atoms with E-state index in [1.54, 1.807) is 11.0 Å². The molecule has 18 heavy (non-hydrogen) atoms. The van der Waals surface area contributed by atoms with E-state index < -0.39 is 5.60 Å². The molecule has 1 atom stereocenters. The maximum atomic E-state index is 12.1. The molecule has 102 valence electrons. The van der Waals surface area contributed by atoms with Crippen LogP contribution in [0, 0.1) is 12.3 Å². The summed E-state index contributed by atoms with van der Waals surface area (Å²) in [7, 11) is 0. The number of rotatable bonds is 6. The zero-order valence-electron chi connectivity index (χ0n) is 12.0. The highest BCUT2D eigenvalue weighted by atomic mass is 16.6. The van der Waals surface area contributed by atoms with Gasteiger partial charge in [-0.25, -0.2) is 4.79 Å². The second-order valence-electron chi connectivity index (χ2n) is 5.23. The van der Waals surface area contributed by atoms with Crippen molar-refractivity contribution in [2.45, 2.75) is 58.6 Å². The minimum Gasteiger partial charge on any atom is -0.444 e. The van der Waals surface area contributed by atoms with E-state index in [2.05, 4.69) is 12.5 Å². The van der Waals surface area contributed by atoms with Crippen LogP contribution >= 0.6 is 0 Å². The van der Waals surface area contributed by atoms with Gasteiger partial charge in [0, 0.05) is 19.0 Å². The lowest BCUT2D eigenvalue weighted by atomic mass is 10.1. The summed E-state index contributed by atoms with van der Waals surface area (Å²) in [6.07, 6.45) is 9.00. The molecule has 0 aromatic carbocycles. The summed E-state index contributed by atoms with van der Waals surface area (Å²) in [6, 6.07) is 0.105. The van der Waals surface area contributed by atoms with Crippen LogP contribution in [0.5, 0.6) is 0 Å². The molecule has 3 nitrogen and oxygen atoms in total. The minimum atomic E-state index is -0.485. The monoisotopic (exact) mass is 251 g/mol. The predicted molar refractivity (Wildman–Crippen MR) is 75.3 cm³/mol. The molecule has 0 aliphatic rings. The van der Waals surface area contributed by atoms with Crippen LogP contribution in [0.2, 0.25) is 0 Å². The first-order valence-electron chi connectivity index (χ1n) is 6.39. The van der Waals surface area contributed by atoms with E-state index in [9.17, 15) is 4.79 Å². The molecule has 3 heteroatoms. The van der Waals surface area contributed by atoms with Crippen molar-refractivity contribution in [2.24, 2.45) is 0 Å². The molecule has 0 bridgehead atoms. The number of carbonyl (C=O) groups excluding carboxylic acids is 1. The Balaban J connectivity index is 4.75. The fourth-order valence-corrected chi connectivity index (χ4v) is 1.66. The van der Waals surface area contributed by atoms with E-state index in [-0.39, 0.29) is 12.1 Å². The van der Waals surface area contributed by atoms with E-state index >= 15 is 0 Å². The van der Waals surface area contributed by atoms with Crippen LogP contribution in [-0.4, -0.2) is 29.2 Å². The highest BCUT2D eigenvalue weighted by Crippen LogP contribution is 2.16. The summed E-state index contributed by atoms with van der Waals surface area (Å²) in [5, 5.41) is 0. The molecule has 0 aliphatic heterocycles. The second-order valence-corrected chi connectivity index (χ2v) is 5.23. The molecular formula is C15H25NO2. The number of hydrogen-bond acceptors (Lipinski definition) is 2. The molecule has 0 N–H and O–H groups in total. The minimum absolute atomic E-state index is 0.105. The van der Waals surface area contributed by atoms with Crippen LogP contribution in [-0.2, 0) is 4.74 Å². The van der Waals surface area contributed by atoms with E-state index in [4.69, 9.17) is 11.2 Å². The first kappa shape index (κ1) is 16.6. The topological polar surface area (TPSA) is 29.5 Å². The third-order valence-electron chi connectivity index (χ3n) is 2.49. The Morgan fingerprint density at radius 2 is 2.17 bits per heavy atom. The zero-order valence-corrected chi connectivity index (χ0v) is 12.0. The van der Waals surface area contributed by atoms with Crippen molar-refractivity contribution < 1.29 is 9.53 Å². The third kappa shape index (κ3) is 6.34. The van der Waals surface area contributed by atoms with Gasteiger partial charge in [-0.15, -0.1) is 18.9 Å². The maximum Gasteiger partial charge on any atom is 0.410 e. The van der Waals surface area contributed by atoms with Crippen LogP contribution in [0.4, 0.5) is 4.79 Å². The summed E-state index contributed by atoms with van der Waals surface area (Å²) in [6.45, 7) is 11.8. The van der Waals surface area contributed by atoms with Crippen molar-refractivity contribution in [1.82, 2.24) is 4.90 Å². The molecule has 0 spiro atoms. The zero-order chi connectivity index (χ0) is 14.2. The smallest absolute Gasteiger partial charge is 0.410 e. The SMILES string of the molecule is C#CCCC(CC)N(CC=C)C(=O)OC(C)(C)C. The molecule has 0 radical (unpaired) electrons. The van der Waals surface area contributed by atoms with E-state index in [0.29, 0.717) is 13.0 Å². The van der Waals surface area contributed by atoms with Gasteiger partial charge in [-0.3, -0.25) is 0 Å². The Morgan fingerprint density at radius 1 is 1.56 bits per heavy atom. The number of hydrogen-bond donors (Lipinski definition) is 0. The van der Waals surface area contributed by atoms with Gasteiger partial charge in [-0.1, -0.05) is 13.0 Å². The molecule has 0 aromatic rings. The van der Waals surface area contributed by atoms with Crippen LogP contribution in [0.25, 0.3) is 0 Å². The van der Waals surface area contributed by atoms with Crippen molar-refractivity contribution in [3.05, 3.63) is 12.7 Å². The van der Waals surface area contributed by atoms with Gasteiger partial charge in [-0.2, -0.15) is 0 Å². The number of ether oxygens (including phenoxy) is 1. The molecular weight excluding hydrogens is 226 g/mol. The van der Waals surface area contributed by atoms with Gasteiger partial charge >= 0.3 is 6.09 Å². The molecule has 0 saturated heterocycles. The Hall–Kier alpha value is -1.43. The van der Waals surface area contributed by atoms with E-state index in [1.807, 2.05) is 27.7 Å². The van der Waals surface area contributed by atoms with Crippen molar-refractivity contribution in [1.29, 1.82) is 0 Å². The Bertz CT molecular complexity index is 309. The molecule has 0 heterocycles. The van der Waals surface area contributed by atoms with Crippen LogP contribution in [0.1, 0.15) is 47.0 Å². The molecule has 1 unspecified atom stereocenters. The first-order chi connectivity index (χ1) is 8.35. The summed E-state index contributed by atoms with van der Waals surface area (Å²) >= 11 is 0. The lowest BCUT2D eigenvalue weighted by molar-refractivity contribution is 0.0177. The lowest BCUT2D eigenvalue weighted by Gasteiger charge is -2.32. The second kappa shape index (κ2) is 7.81. The fraction of sp³-hybridized carbons (Fsp3) is 0.667. The molecule has 0 rings (SSSR count). The van der Waals surface area contributed by atoms with Gasteiger partial charge in [0.1, 0.15) is 5.60 Å². The van der Waals surface area contributed by atoms with Crippen molar-refractivity contribution in [2.75, 3.05) is 6.54 Å². The number of nitrogens with zero attached hydrogens (tertiary/aromatic N) is 1. The number of carbonyl (C=O) groups is 1. The Morgan fingerprint density at radius 3 is 2.56 bits per heavy atom. The standard InChI is InChI=1S/C15H25NO2/c1-7-10-11-13(9-3)16(12-8-2)14(17)18-15(4,5)6/h1,8,13H,2,9-12H2,3-6H3. The van der Waals surface area contributed by atoms with Crippen molar-refractivity contribution >= 4 is 6.09 Å². The normalized spacial score (nSPS) is 12.4. The molecule has 0 fully saturated rings. The summed E-state index contributed by atoms with van der Waals surface area (Å²) in [4.78, 5) is 13.8. The first-order valence-corrected chi connectivity index (χ1v) is 6.39. The van der Waals surface area contributed by atoms with Crippen LogP contribution < -0.4 is 0 Å². The van der Waals surface area contributed by atoms with Crippen molar-refractivity contribution in [3.63, 3.8) is 0 Å². The number of terminal acetylenes is 1. The van der Waals surface area contributed by atoms with Gasteiger partial charge in [0.15, 0.2) is 0 Å². The van der Waals surface area contributed by atoms with Crippen molar-refractivity contribution in [3.8, 4) is 12.3 Å². The van der Waals surface area contributed by atoms with Crippen LogP contribution in [0.15, 0.2) is 12.7 Å². The Kier molecular flexibility index (Phi) is 7.19. The average Bonchev–Trinajstić information content (AvgIpc) is 2.26. The van der Waals surface area contributed by atoms with Gasteiger partial charge in [0.25, 0.3) is 0 Å².